The van der Waals surface area contributed by atoms with E-state index in [1.54, 1.807) is 0 Å². The molecule has 0 atom stereocenters. The molecule has 0 amide bonds. The van der Waals surface area contributed by atoms with E-state index in [9.17, 15) is 13.2 Å². The highest BCUT2D eigenvalue weighted by Gasteiger charge is 2.38. The lowest BCUT2D eigenvalue weighted by Gasteiger charge is -2.10. The van der Waals surface area contributed by atoms with E-state index in [1.165, 1.54) is 0 Å². The lowest BCUT2D eigenvalue weighted by atomic mass is 10.3. The summed E-state index contributed by atoms with van der Waals surface area (Å²) in [7, 11) is 0. The van der Waals surface area contributed by atoms with Crippen LogP contribution in [0.5, 0.6) is 0 Å². The van der Waals surface area contributed by atoms with Crippen molar-refractivity contribution in [2.45, 2.75) is 32.6 Å². The van der Waals surface area contributed by atoms with Gasteiger partial charge in [-0.1, -0.05) is 5.21 Å². The van der Waals surface area contributed by atoms with E-state index >= 15 is 0 Å². The van der Waals surface area contributed by atoms with Crippen LogP contribution in [0.15, 0.2) is 0 Å². The predicted molar refractivity (Wildman–Crippen MR) is 54.0 cm³/mol. The minimum Gasteiger partial charge on any atom is -0.382 e. The fourth-order valence-corrected chi connectivity index (χ4v) is 1.41. The van der Waals surface area contributed by atoms with Crippen molar-refractivity contribution in [2.75, 3.05) is 13.2 Å². The number of hydrogen-bond donors (Lipinski definition) is 1. The van der Waals surface area contributed by atoms with Gasteiger partial charge in [-0.05, 0) is 13.3 Å². The van der Waals surface area contributed by atoms with Crippen molar-refractivity contribution in [3.63, 3.8) is 0 Å². The number of ether oxygens (including phenoxy) is 1. The first-order chi connectivity index (χ1) is 8.00. The van der Waals surface area contributed by atoms with Crippen LogP contribution in [0.1, 0.15) is 24.7 Å². The summed E-state index contributed by atoms with van der Waals surface area (Å²) in [5.74, 6) is 0. The van der Waals surface area contributed by atoms with Crippen molar-refractivity contribution in [3.8, 4) is 0 Å². The number of hydrogen-bond acceptors (Lipinski definition) is 4. The Morgan fingerprint density at radius 1 is 1.41 bits per heavy atom. The molecule has 0 aliphatic carbocycles. The first-order valence-electron chi connectivity index (χ1n) is 5.28. The number of rotatable bonds is 6. The second kappa shape index (κ2) is 5.97. The lowest BCUT2D eigenvalue weighted by Crippen LogP contribution is -2.18. The fourth-order valence-electron chi connectivity index (χ4n) is 1.41. The highest BCUT2D eigenvalue weighted by Crippen LogP contribution is 2.30. The Bertz CT molecular complexity index is 351. The Morgan fingerprint density at radius 3 is 2.65 bits per heavy atom. The van der Waals surface area contributed by atoms with Gasteiger partial charge in [0.15, 0.2) is 5.69 Å². The van der Waals surface area contributed by atoms with Crippen LogP contribution in [-0.4, -0.2) is 28.2 Å². The molecule has 0 saturated heterocycles. The highest BCUT2D eigenvalue weighted by atomic mass is 19.4. The van der Waals surface area contributed by atoms with Crippen LogP contribution in [0.2, 0.25) is 0 Å². The smallest absolute Gasteiger partial charge is 0.382 e. The molecule has 0 bridgehead atoms. The number of alkyl halides is 3. The maximum atomic E-state index is 12.7. The number of aryl methyl sites for hydroxylation is 1. The molecule has 1 aromatic rings. The summed E-state index contributed by atoms with van der Waals surface area (Å²) in [5.41, 5.74) is 4.10. The SMILES string of the molecule is CCOCCCn1nnc(CN)c1C(F)(F)F. The Hall–Kier alpha value is -1.15. The van der Waals surface area contributed by atoms with Crippen molar-refractivity contribution < 1.29 is 17.9 Å². The number of nitrogens with zero attached hydrogens (tertiary/aromatic N) is 3. The summed E-state index contributed by atoms with van der Waals surface area (Å²) in [5, 5.41) is 6.89. The molecule has 0 spiro atoms. The summed E-state index contributed by atoms with van der Waals surface area (Å²) in [6.45, 7) is 2.59. The molecule has 0 aromatic carbocycles. The van der Waals surface area contributed by atoms with Gasteiger partial charge >= 0.3 is 6.18 Å². The predicted octanol–water partition coefficient (Wildman–Crippen LogP) is 1.18. The minimum atomic E-state index is -4.48. The zero-order valence-electron chi connectivity index (χ0n) is 9.50. The highest BCUT2D eigenvalue weighted by molar-refractivity contribution is 5.13. The van der Waals surface area contributed by atoms with Crippen LogP contribution in [0.3, 0.4) is 0 Å². The largest absolute Gasteiger partial charge is 0.434 e. The van der Waals surface area contributed by atoms with Gasteiger partial charge in [0.05, 0.1) is 0 Å². The van der Waals surface area contributed by atoms with Crippen LogP contribution in [0, 0.1) is 0 Å². The van der Waals surface area contributed by atoms with E-state index in [2.05, 4.69) is 10.3 Å². The molecule has 8 heteroatoms. The number of aromatic nitrogens is 3. The van der Waals surface area contributed by atoms with Gasteiger partial charge < -0.3 is 10.5 Å². The molecule has 1 aromatic heterocycles. The molecule has 0 unspecified atom stereocenters. The normalized spacial score (nSPS) is 12.1. The molecule has 0 saturated carbocycles. The van der Waals surface area contributed by atoms with Crippen LogP contribution in [0.4, 0.5) is 13.2 Å². The molecule has 1 heterocycles. The van der Waals surface area contributed by atoms with Crippen molar-refractivity contribution in [2.24, 2.45) is 5.73 Å². The zero-order valence-corrected chi connectivity index (χ0v) is 9.50. The lowest BCUT2D eigenvalue weighted by molar-refractivity contribution is -0.145. The maximum Gasteiger partial charge on any atom is 0.434 e. The third-order valence-electron chi connectivity index (χ3n) is 2.13. The van der Waals surface area contributed by atoms with Crippen molar-refractivity contribution in [1.29, 1.82) is 0 Å². The average Bonchev–Trinajstić information content (AvgIpc) is 2.67. The molecular formula is C9H15F3N4O. The van der Waals surface area contributed by atoms with Gasteiger partial charge in [-0.25, -0.2) is 4.68 Å². The average molecular weight is 252 g/mol. The second-order valence-electron chi connectivity index (χ2n) is 3.36. The van der Waals surface area contributed by atoms with Crippen molar-refractivity contribution >= 4 is 0 Å². The second-order valence-corrected chi connectivity index (χ2v) is 3.36. The van der Waals surface area contributed by atoms with Crippen LogP contribution >= 0.6 is 0 Å². The van der Waals surface area contributed by atoms with Gasteiger partial charge in [-0.3, -0.25) is 0 Å². The van der Waals surface area contributed by atoms with E-state index < -0.39 is 11.9 Å². The molecule has 17 heavy (non-hydrogen) atoms. The quantitative estimate of drug-likeness (QED) is 0.772. The molecule has 2 N–H and O–H groups in total. The van der Waals surface area contributed by atoms with Crippen molar-refractivity contribution in [3.05, 3.63) is 11.4 Å². The summed E-state index contributed by atoms with van der Waals surface area (Å²) in [4.78, 5) is 0. The van der Waals surface area contributed by atoms with E-state index in [0.717, 1.165) is 4.68 Å². The van der Waals surface area contributed by atoms with Gasteiger partial charge in [-0.2, -0.15) is 13.2 Å². The molecule has 1 rings (SSSR count). The number of halogens is 3. The molecule has 0 radical (unpaired) electrons. The molecular weight excluding hydrogens is 237 g/mol. The van der Waals surface area contributed by atoms with E-state index in [-0.39, 0.29) is 18.8 Å². The number of nitrogens with two attached hydrogens (primary N) is 1. The summed E-state index contributed by atoms with van der Waals surface area (Å²) < 4.78 is 44.0. The van der Waals surface area contributed by atoms with E-state index in [1.807, 2.05) is 6.92 Å². The first-order valence-corrected chi connectivity index (χ1v) is 5.28. The van der Waals surface area contributed by atoms with Gasteiger partial charge in [-0.15, -0.1) is 5.10 Å². The Labute approximate surface area is 96.7 Å². The third kappa shape index (κ3) is 3.67. The van der Waals surface area contributed by atoms with Crippen molar-refractivity contribution in [1.82, 2.24) is 15.0 Å². The van der Waals surface area contributed by atoms with Crippen LogP contribution < -0.4 is 5.73 Å². The Morgan fingerprint density at radius 2 is 2.12 bits per heavy atom. The topological polar surface area (TPSA) is 66.0 Å². The van der Waals surface area contributed by atoms with Gasteiger partial charge in [0.25, 0.3) is 0 Å². The maximum absolute atomic E-state index is 12.7. The standard InChI is InChI=1S/C9H15F3N4O/c1-2-17-5-3-4-16-8(9(10,11)12)7(6-13)14-15-16/h2-6,13H2,1H3. The fraction of sp³-hybridized carbons (Fsp3) is 0.778. The molecule has 5 nitrogen and oxygen atoms in total. The van der Waals surface area contributed by atoms with Crippen LogP contribution in [0.25, 0.3) is 0 Å². The Balaban J connectivity index is 2.75. The Kier molecular flexibility index (Phi) is 4.88. The zero-order chi connectivity index (χ0) is 12.9. The molecule has 0 aliphatic heterocycles. The summed E-state index contributed by atoms with van der Waals surface area (Å²) in [6.07, 6.45) is -4.03. The van der Waals surface area contributed by atoms with Gasteiger partial charge in [0.2, 0.25) is 0 Å². The van der Waals surface area contributed by atoms with E-state index in [4.69, 9.17) is 10.5 Å². The van der Waals surface area contributed by atoms with E-state index in [0.29, 0.717) is 19.6 Å². The molecule has 0 fully saturated rings. The minimum absolute atomic E-state index is 0.113. The van der Waals surface area contributed by atoms with Gasteiger partial charge in [0, 0.05) is 26.3 Å². The summed E-state index contributed by atoms with van der Waals surface area (Å²) >= 11 is 0. The van der Waals surface area contributed by atoms with Gasteiger partial charge in [0.1, 0.15) is 5.69 Å². The third-order valence-corrected chi connectivity index (χ3v) is 2.13. The molecule has 0 aliphatic rings. The first kappa shape index (κ1) is 13.9. The summed E-state index contributed by atoms with van der Waals surface area (Å²) in [6, 6.07) is 0. The molecule has 98 valence electrons. The van der Waals surface area contributed by atoms with Crippen LogP contribution in [-0.2, 0) is 24.0 Å². The monoisotopic (exact) mass is 252 g/mol.